The number of hydrogen-bond donors (Lipinski definition) is 1. The van der Waals surface area contributed by atoms with Crippen LogP contribution in [-0.2, 0) is 4.79 Å². The van der Waals surface area contributed by atoms with Crippen LogP contribution in [0, 0.1) is 5.92 Å². The topological polar surface area (TPSA) is 32.3 Å². The lowest BCUT2D eigenvalue weighted by atomic mass is 10.1. The highest BCUT2D eigenvalue weighted by Crippen LogP contribution is 2.14. The van der Waals surface area contributed by atoms with Crippen molar-refractivity contribution >= 4 is 5.91 Å². The first-order chi connectivity index (χ1) is 7.39. The molecule has 0 bridgehead atoms. The van der Waals surface area contributed by atoms with E-state index >= 15 is 0 Å². The Hall–Kier alpha value is -0.780. The molecule has 6 heteroatoms. The molecule has 1 aliphatic heterocycles. The molecule has 1 N–H and O–H groups in total. The van der Waals surface area contributed by atoms with Crippen LogP contribution in [0.2, 0.25) is 0 Å². The van der Waals surface area contributed by atoms with Gasteiger partial charge in [-0.25, -0.2) is 0 Å². The molecule has 3 nitrogen and oxygen atoms in total. The van der Waals surface area contributed by atoms with E-state index in [0.29, 0.717) is 0 Å². The lowest BCUT2D eigenvalue weighted by Gasteiger charge is -2.20. The zero-order valence-electron chi connectivity index (χ0n) is 9.31. The van der Waals surface area contributed by atoms with Crippen molar-refractivity contribution in [3.63, 3.8) is 0 Å². The molecule has 1 saturated heterocycles. The van der Waals surface area contributed by atoms with Gasteiger partial charge in [-0.15, -0.1) is 0 Å². The zero-order chi connectivity index (χ0) is 12.2. The summed E-state index contributed by atoms with van der Waals surface area (Å²) in [6.45, 7) is 4.69. The van der Waals surface area contributed by atoms with E-state index < -0.39 is 12.1 Å². The smallest absolute Gasteiger partial charge is 0.348 e. The molecule has 0 radical (unpaired) electrons. The van der Waals surface area contributed by atoms with Crippen molar-refractivity contribution in [2.45, 2.75) is 25.9 Å². The van der Waals surface area contributed by atoms with Gasteiger partial charge in [-0.05, 0) is 31.8 Å². The SMILES string of the molecule is CC(CNC(=O)C(F)(F)F)CN1CCCC1. The summed E-state index contributed by atoms with van der Waals surface area (Å²) in [5.41, 5.74) is 0. The molecule has 0 aromatic heterocycles. The Kier molecular flexibility index (Phi) is 4.58. The maximum Gasteiger partial charge on any atom is 0.471 e. The summed E-state index contributed by atoms with van der Waals surface area (Å²) in [4.78, 5) is 12.8. The van der Waals surface area contributed by atoms with Crippen LogP contribution in [-0.4, -0.2) is 43.2 Å². The summed E-state index contributed by atoms with van der Waals surface area (Å²) in [6, 6.07) is 0. The number of carbonyl (C=O) groups is 1. The first kappa shape index (κ1) is 13.3. The summed E-state index contributed by atoms with van der Waals surface area (Å²) in [5, 5.41) is 1.91. The molecule has 1 heterocycles. The highest BCUT2D eigenvalue weighted by Gasteiger charge is 2.38. The molecule has 1 atom stereocenters. The molecule has 1 aliphatic rings. The standard InChI is InChI=1S/C10H17F3N2O/c1-8(7-15-4-2-3-5-15)6-14-9(16)10(11,12)13/h8H,2-7H2,1H3,(H,14,16). The highest BCUT2D eigenvalue weighted by molar-refractivity contribution is 5.81. The van der Waals surface area contributed by atoms with Crippen LogP contribution in [0.1, 0.15) is 19.8 Å². The third-order valence-corrected chi connectivity index (χ3v) is 2.64. The van der Waals surface area contributed by atoms with Gasteiger partial charge >= 0.3 is 12.1 Å². The minimum Gasteiger partial charge on any atom is -0.348 e. The molecule has 1 fully saturated rings. The van der Waals surface area contributed by atoms with E-state index in [1.807, 2.05) is 12.2 Å². The molecule has 0 aromatic rings. The fraction of sp³-hybridized carbons (Fsp3) is 0.900. The number of hydrogen-bond acceptors (Lipinski definition) is 2. The quantitative estimate of drug-likeness (QED) is 0.803. The summed E-state index contributed by atoms with van der Waals surface area (Å²) >= 11 is 0. The van der Waals surface area contributed by atoms with Gasteiger partial charge in [-0.3, -0.25) is 4.79 Å². The van der Waals surface area contributed by atoms with Crippen molar-refractivity contribution in [2.24, 2.45) is 5.92 Å². The van der Waals surface area contributed by atoms with E-state index in [4.69, 9.17) is 0 Å². The van der Waals surface area contributed by atoms with Gasteiger partial charge in [0.1, 0.15) is 0 Å². The number of rotatable bonds is 4. The minimum atomic E-state index is -4.77. The predicted molar refractivity (Wildman–Crippen MR) is 53.9 cm³/mol. The normalized spacial score (nSPS) is 19.8. The molecule has 1 rings (SSSR count). The maximum atomic E-state index is 11.9. The fourth-order valence-electron chi connectivity index (χ4n) is 1.84. The van der Waals surface area contributed by atoms with Crippen molar-refractivity contribution < 1.29 is 18.0 Å². The molecule has 94 valence electrons. The van der Waals surface area contributed by atoms with Crippen molar-refractivity contribution in [2.75, 3.05) is 26.2 Å². The van der Waals surface area contributed by atoms with Gasteiger partial charge < -0.3 is 10.2 Å². The Balaban J connectivity index is 2.19. The maximum absolute atomic E-state index is 11.9. The van der Waals surface area contributed by atoms with E-state index in [1.54, 1.807) is 0 Å². The third kappa shape index (κ3) is 4.38. The molecule has 16 heavy (non-hydrogen) atoms. The molecule has 1 amide bonds. The highest BCUT2D eigenvalue weighted by atomic mass is 19.4. The molecule has 0 saturated carbocycles. The van der Waals surface area contributed by atoms with Crippen LogP contribution < -0.4 is 5.32 Å². The second-order valence-corrected chi connectivity index (χ2v) is 4.32. The number of alkyl halides is 3. The summed E-state index contributed by atoms with van der Waals surface area (Å²) in [6.07, 6.45) is -2.46. The van der Waals surface area contributed by atoms with Gasteiger partial charge in [0.15, 0.2) is 0 Å². The second-order valence-electron chi connectivity index (χ2n) is 4.32. The summed E-state index contributed by atoms with van der Waals surface area (Å²) < 4.78 is 35.6. The van der Waals surface area contributed by atoms with E-state index in [-0.39, 0.29) is 12.5 Å². The van der Waals surface area contributed by atoms with Crippen LogP contribution >= 0.6 is 0 Å². The molecule has 0 spiro atoms. The van der Waals surface area contributed by atoms with E-state index in [1.165, 1.54) is 0 Å². The minimum absolute atomic E-state index is 0.0457. The van der Waals surface area contributed by atoms with Crippen LogP contribution in [0.4, 0.5) is 13.2 Å². The lowest BCUT2D eigenvalue weighted by molar-refractivity contribution is -0.173. The molecular weight excluding hydrogens is 221 g/mol. The predicted octanol–water partition coefficient (Wildman–Crippen LogP) is 1.40. The Labute approximate surface area is 93.0 Å². The average Bonchev–Trinajstić information content (AvgIpc) is 2.65. The Bertz CT molecular complexity index is 237. The van der Waals surface area contributed by atoms with Gasteiger partial charge in [0.05, 0.1) is 0 Å². The van der Waals surface area contributed by atoms with E-state index in [0.717, 1.165) is 32.5 Å². The fourth-order valence-corrected chi connectivity index (χ4v) is 1.84. The van der Waals surface area contributed by atoms with Crippen molar-refractivity contribution in [3.8, 4) is 0 Å². The van der Waals surface area contributed by atoms with Crippen molar-refractivity contribution in [3.05, 3.63) is 0 Å². The van der Waals surface area contributed by atoms with Gasteiger partial charge in [-0.2, -0.15) is 13.2 Å². The number of nitrogens with zero attached hydrogens (tertiary/aromatic N) is 1. The third-order valence-electron chi connectivity index (χ3n) is 2.64. The van der Waals surface area contributed by atoms with E-state index in [9.17, 15) is 18.0 Å². The zero-order valence-corrected chi connectivity index (χ0v) is 9.31. The molecule has 0 aliphatic carbocycles. The lowest BCUT2D eigenvalue weighted by Crippen LogP contribution is -2.41. The Morgan fingerprint density at radius 3 is 2.44 bits per heavy atom. The van der Waals surface area contributed by atoms with Crippen LogP contribution in [0.5, 0.6) is 0 Å². The first-order valence-corrected chi connectivity index (χ1v) is 5.47. The first-order valence-electron chi connectivity index (χ1n) is 5.47. The van der Waals surface area contributed by atoms with Crippen LogP contribution in [0.15, 0.2) is 0 Å². The number of halogens is 3. The average molecular weight is 238 g/mol. The number of nitrogens with one attached hydrogen (secondary N) is 1. The monoisotopic (exact) mass is 238 g/mol. The van der Waals surface area contributed by atoms with Crippen molar-refractivity contribution in [1.29, 1.82) is 0 Å². The molecule has 1 unspecified atom stereocenters. The molecular formula is C10H17F3N2O. The van der Waals surface area contributed by atoms with Gasteiger partial charge in [0.25, 0.3) is 0 Å². The van der Waals surface area contributed by atoms with Gasteiger partial charge in [0, 0.05) is 13.1 Å². The van der Waals surface area contributed by atoms with Gasteiger partial charge in [0.2, 0.25) is 0 Å². The van der Waals surface area contributed by atoms with Gasteiger partial charge in [-0.1, -0.05) is 6.92 Å². The van der Waals surface area contributed by atoms with E-state index in [2.05, 4.69) is 4.90 Å². The number of amides is 1. The van der Waals surface area contributed by atoms with Crippen molar-refractivity contribution in [1.82, 2.24) is 10.2 Å². The Morgan fingerprint density at radius 1 is 1.38 bits per heavy atom. The van der Waals surface area contributed by atoms with Crippen LogP contribution in [0.3, 0.4) is 0 Å². The Morgan fingerprint density at radius 2 is 1.94 bits per heavy atom. The number of likely N-dealkylation sites (tertiary alicyclic amines) is 1. The molecule has 0 aromatic carbocycles. The summed E-state index contributed by atoms with van der Waals surface area (Å²) in [7, 11) is 0. The largest absolute Gasteiger partial charge is 0.471 e. The second kappa shape index (κ2) is 5.52. The van der Waals surface area contributed by atoms with Crippen LogP contribution in [0.25, 0.3) is 0 Å². The summed E-state index contributed by atoms with van der Waals surface area (Å²) in [5.74, 6) is -1.80. The number of carbonyl (C=O) groups excluding carboxylic acids is 1.